The zero-order chi connectivity index (χ0) is 17.9. The van der Waals surface area contributed by atoms with Gasteiger partial charge in [0, 0.05) is 38.1 Å². The second kappa shape index (κ2) is 7.20. The van der Waals surface area contributed by atoms with E-state index in [1.54, 1.807) is 11.0 Å². The monoisotopic (exact) mass is 356 g/mol. The van der Waals surface area contributed by atoms with Crippen LogP contribution in [0.3, 0.4) is 0 Å². The van der Waals surface area contributed by atoms with Gasteiger partial charge in [-0.1, -0.05) is 0 Å². The molecule has 1 fully saturated rings. The van der Waals surface area contributed by atoms with Crippen LogP contribution in [0.4, 0.5) is 5.95 Å². The van der Waals surface area contributed by atoms with E-state index in [0.717, 1.165) is 24.3 Å². The predicted molar refractivity (Wildman–Crippen MR) is 92.7 cm³/mol. The first-order chi connectivity index (χ1) is 12.7. The van der Waals surface area contributed by atoms with E-state index in [9.17, 15) is 9.59 Å². The first-order valence-corrected chi connectivity index (χ1v) is 8.68. The summed E-state index contributed by atoms with van der Waals surface area (Å²) in [5.74, 6) is 0.547. The van der Waals surface area contributed by atoms with Crippen LogP contribution in [0, 0.1) is 0 Å². The summed E-state index contributed by atoms with van der Waals surface area (Å²) in [7, 11) is 0. The third-order valence-corrected chi connectivity index (χ3v) is 4.65. The molecule has 0 unspecified atom stereocenters. The number of carbonyl (C=O) groups is 1. The van der Waals surface area contributed by atoms with Gasteiger partial charge >= 0.3 is 0 Å². The third kappa shape index (κ3) is 3.43. The molecule has 4 heterocycles. The van der Waals surface area contributed by atoms with Gasteiger partial charge in [0.1, 0.15) is 6.54 Å². The van der Waals surface area contributed by atoms with Crippen LogP contribution in [-0.2, 0) is 29.0 Å². The molecule has 2 aliphatic heterocycles. The van der Waals surface area contributed by atoms with E-state index in [1.165, 1.54) is 16.9 Å². The highest BCUT2D eigenvalue weighted by molar-refractivity contribution is 5.76. The summed E-state index contributed by atoms with van der Waals surface area (Å²) in [4.78, 5) is 37.3. The summed E-state index contributed by atoms with van der Waals surface area (Å²) in [5, 5.41) is 3.95. The number of nitrogens with zero attached hydrogens (tertiary/aromatic N) is 6. The Hall–Kier alpha value is -2.81. The summed E-state index contributed by atoms with van der Waals surface area (Å²) in [6, 6.07) is 2.96. The number of ether oxygens (including phenoxy) is 1. The van der Waals surface area contributed by atoms with Gasteiger partial charge in [-0.2, -0.15) is 5.10 Å². The molecule has 2 aliphatic rings. The van der Waals surface area contributed by atoms with Crippen LogP contribution in [0.25, 0.3) is 0 Å². The Morgan fingerprint density at radius 1 is 1.23 bits per heavy atom. The zero-order valence-electron chi connectivity index (χ0n) is 14.4. The normalized spacial score (nSPS) is 17.1. The van der Waals surface area contributed by atoms with Crippen molar-refractivity contribution in [3.63, 3.8) is 0 Å². The lowest BCUT2D eigenvalue weighted by Gasteiger charge is -2.30. The molecule has 26 heavy (non-hydrogen) atoms. The molecule has 0 N–H and O–H groups in total. The molecule has 0 aliphatic carbocycles. The SMILES string of the molecule is O=C(Cn1ncccc1=O)N1CCc2cnc(N3CCOCC3)nc2C1. The molecule has 4 rings (SSSR count). The van der Waals surface area contributed by atoms with Gasteiger partial charge in [-0.05, 0) is 18.1 Å². The van der Waals surface area contributed by atoms with Gasteiger partial charge in [0.2, 0.25) is 11.9 Å². The van der Waals surface area contributed by atoms with Crippen molar-refractivity contribution in [3.8, 4) is 0 Å². The lowest BCUT2D eigenvalue weighted by molar-refractivity contribution is -0.133. The lowest BCUT2D eigenvalue weighted by Crippen LogP contribution is -2.41. The Balaban J connectivity index is 1.48. The van der Waals surface area contributed by atoms with Gasteiger partial charge in [0.15, 0.2) is 0 Å². The predicted octanol–water partition coefficient (Wildman–Crippen LogP) is -0.545. The Kier molecular flexibility index (Phi) is 4.61. The average Bonchev–Trinajstić information content (AvgIpc) is 2.69. The lowest BCUT2D eigenvalue weighted by atomic mass is 10.1. The van der Waals surface area contributed by atoms with E-state index in [1.807, 2.05) is 6.20 Å². The minimum Gasteiger partial charge on any atom is -0.378 e. The first kappa shape index (κ1) is 16.6. The van der Waals surface area contributed by atoms with Gasteiger partial charge < -0.3 is 14.5 Å². The van der Waals surface area contributed by atoms with E-state index in [4.69, 9.17) is 4.74 Å². The number of anilines is 1. The fourth-order valence-electron chi connectivity index (χ4n) is 3.16. The van der Waals surface area contributed by atoms with Crippen LogP contribution < -0.4 is 10.5 Å². The minimum absolute atomic E-state index is 0.0591. The third-order valence-electron chi connectivity index (χ3n) is 4.65. The summed E-state index contributed by atoms with van der Waals surface area (Å²) in [5.41, 5.74) is 1.66. The highest BCUT2D eigenvalue weighted by atomic mass is 16.5. The van der Waals surface area contributed by atoms with Gasteiger partial charge in [-0.15, -0.1) is 0 Å². The molecule has 2 aromatic heterocycles. The van der Waals surface area contributed by atoms with Crippen LogP contribution in [0.5, 0.6) is 0 Å². The summed E-state index contributed by atoms with van der Waals surface area (Å²) in [6.07, 6.45) is 4.07. The van der Waals surface area contributed by atoms with Crippen LogP contribution in [-0.4, -0.2) is 63.4 Å². The average molecular weight is 356 g/mol. The maximum Gasteiger partial charge on any atom is 0.267 e. The Morgan fingerprint density at radius 3 is 2.88 bits per heavy atom. The number of hydrogen-bond acceptors (Lipinski definition) is 7. The Bertz CT molecular complexity index is 862. The second-order valence-electron chi connectivity index (χ2n) is 6.33. The summed E-state index contributed by atoms with van der Waals surface area (Å²) in [6.45, 7) is 3.83. The largest absolute Gasteiger partial charge is 0.378 e. The topological polar surface area (TPSA) is 93.5 Å². The molecular weight excluding hydrogens is 336 g/mol. The number of fused-ring (bicyclic) bond motifs is 1. The maximum atomic E-state index is 12.6. The smallest absolute Gasteiger partial charge is 0.267 e. The molecule has 1 amide bonds. The highest BCUT2D eigenvalue weighted by Crippen LogP contribution is 2.20. The van der Waals surface area contributed by atoms with Gasteiger partial charge in [0.25, 0.3) is 5.56 Å². The van der Waals surface area contributed by atoms with Crippen molar-refractivity contribution in [2.24, 2.45) is 0 Å². The zero-order valence-corrected chi connectivity index (χ0v) is 14.4. The van der Waals surface area contributed by atoms with Crippen LogP contribution in [0.15, 0.2) is 29.3 Å². The van der Waals surface area contributed by atoms with Crippen molar-refractivity contribution < 1.29 is 9.53 Å². The van der Waals surface area contributed by atoms with Gasteiger partial charge in [-0.3, -0.25) is 9.59 Å². The summed E-state index contributed by atoms with van der Waals surface area (Å²) < 4.78 is 6.54. The van der Waals surface area contributed by atoms with Crippen LogP contribution in [0.2, 0.25) is 0 Å². The van der Waals surface area contributed by atoms with E-state index in [2.05, 4.69) is 20.0 Å². The minimum atomic E-state index is -0.282. The van der Waals surface area contributed by atoms with Crippen molar-refractivity contribution in [1.82, 2.24) is 24.6 Å². The van der Waals surface area contributed by atoms with Gasteiger partial charge in [0.05, 0.1) is 25.5 Å². The maximum absolute atomic E-state index is 12.6. The van der Waals surface area contributed by atoms with E-state index in [0.29, 0.717) is 38.7 Å². The molecule has 0 atom stereocenters. The molecule has 9 nitrogen and oxygen atoms in total. The molecule has 0 saturated carbocycles. The fourth-order valence-corrected chi connectivity index (χ4v) is 3.16. The van der Waals surface area contributed by atoms with Crippen molar-refractivity contribution in [2.75, 3.05) is 37.7 Å². The molecule has 1 saturated heterocycles. The fraction of sp³-hybridized carbons (Fsp3) is 0.471. The molecule has 2 aromatic rings. The van der Waals surface area contributed by atoms with Crippen molar-refractivity contribution in [1.29, 1.82) is 0 Å². The van der Waals surface area contributed by atoms with Crippen molar-refractivity contribution in [3.05, 3.63) is 46.1 Å². The van der Waals surface area contributed by atoms with E-state index in [-0.39, 0.29) is 18.0 Å². The van der Waals surface area contributed by atoms with Crippen LogP contribution in [0.1, 0.15) is 11.3 Å². The molecular formula is C17H20N6O3. The van der Waals surface area contributed by atoms with Gasteiger partial charge in [-0.25, -0.2) is 14.6 Å². The highest BCUT2D eigenvalue weighted by Gasteiger charge is 2.24. The number of aromatic nitrogens is 4. The second-order valence-corrected chi connectivity index (χ2v) is 6.33. The van der Waals surface area contributed by atoms with Crippen molar-refractivity contribution >= 4 is 11.9 Å². The van der Waals surface area contributed by atoms with E-state index >= 15 is 0 Å². The van der Waals surface area contributed by atoms with Crippen LogP contribution >= 0.6 is 0 Å². The quantitative estimate of drug-likeness (QED) is 0.729. The Labute approximate surface area is 150 Å². The molecule has 0 aromatic carbocycles. The number of amides is 1. The Morgan fingerprint density at radius 2 is 2.08 bits per heavy atom. The first-order valence-electron chi connectivity index (χ1n) is 8.68. The van der Waals surface area contributed by atoms with Crippen molar-refractivity contribution in [2.45, 2.75) is 19.5 Å². The van der Waals surface area contributed by atoms with E-state index < -0.39 is 0 Å². The molecule has 0 bridgehead atoms. The standard InChI is InChI=1S/C17H20N6O3/c24-15-2-1-4-19-23(15)12-16(25)22-5-3-13-10-18-17(20-14(13)11-22)21-6-8-26-9-7-21/h1-2,4,10H,3,5-9,11-12H2. The molecule has 136 valence electrons. The number of carbonyl (C=O) groups excluding carboxylic acids is 1. The molecule has 0 spiro atoms. The summed E-state index contributed by atoms with van der Waals surface area (Å²) >= 11 is 0. The molecule has 9 heteroatoms. The number of morpholine rings is 1. The molecule has 0 radical (unpaired) electrons. The number of rotatable bonds is 3. The number of hydrogen-bond donors (Lipinski definition) is 0.